The van der Waals surface area contributed by atoms with Gasteiger partial charge >= 0.3 is 0 Å². The number of benzene rings is 1. The molecule has 1 aromatic heterocycles. The first-order valence-corrected chi connectivity index (χ1v) is 20.5. The Hall–Kier alpha value is -4.12. The Bertz CT molecular complexity index is 1640. The number of fused-ring (bicyclic) bond motifs is 1. The summed E-state index contributed by atoms with van der Waals surface area (Å²) in [5, 5.41) is 3.13. The Morgan fingerprint density at radius 2 is 1.62 bits per heavy atom. The van der Waals surface area contributed by atoms with Crippen LogP contribution in [0.15, 0.2) is 48.9 Å². The third kappa shape index (κ3) is 11.0. The fourth-order valence-electron chi connectivity index (χ4n) is 9.06. The maximum atomic E-state index is 15.0. The molecule has 1 aromatic carbocycles. The van der Waals surface area contributed by atoms with Crippen molar-refractivity contribution < 1.29 is 33.5 Å². The molecule has 3 aliphatic rings. The van der Waals surface area contributed by atoms with Gasteiger partial charge in [0.15, 0.2) is 11.6 Å². The number of carbonyl (C=O) groups is 6. The molecule has 11 nitrogen and oxygen atoms in total. The number of Topliss-reactive ketones (excluding diaryl/α,β-unsaturated/α-hetero) is 4. The second kappa shape index (κ2) is 19.6. The molecule has 0 bridgehead atoms. The smallest absolute Gasteiger partial charge is 0.246 e. The van der Waals surface area contributed by atoms with Crippen molar-refractivity contribution >= 4 is 34.9 Å². The second-order valence-electron chi connectivity index (χ2n) is 17.1. The molecule has 0 spiro atoms. The fraction of sp³-hybridized carbons (Fsp3) is 0.636. The minimum absolute atomic E-state index is 0.00610. The van der Waals surface area contributed by atoms with E-state index in [9.17, 15) is 28.8 Å². The molecule has 55 heavy (non-hydrogen) atoms. The van der Waals surface area contributed by atoms with Crippen molar-refractivity contribution in [3.63, 3.8) is 0 Å². The predicted octanol–water partition coefficient (Wildman–Crippen LogP) is 6.67. The summed E-state index contributed by atoms with van der Waals surface area (Å²) in [4.78, 5) is 93.5. The number of hydrogen-bond donors (Lipinski definition) is 1. The molecular weight excluding hydrogens is 697 g/mol. The van der Waals surface area contributed by atoms with Crippen LogP contribution in [0.5, 0.6) is 0 Å². The van der Waals surface area contributed by atoms with Crippen molar-refractivity contribution in [2.24, 2.45) is 29.1 Å². The minimum Gasteiger partial charge on any atom is -0.368 e. The standard InChI is InChI=1S/C44H60N4O7/c1-5-14-32(40(52)39(51)28-55-27-29-15-8-6-9-16-29)24-38(50)36-23-31-19-12-13-20-35(31)48(36)43(54)41(44(2,3)4)47-42(53)33(30-17-10-7-11-18-30)25-37(49)34-26-45-21-22-46-34/h6,8-9,15-16,21-22,26,30-33,35-36,41H,5,7,10-14,17-20,23-25,27-28H2,1-4H3,(H,47,53)/t31-,32+,33-,35-,36-,41+/m0/s1. The lowest BCUT2D eigenvalue weighted by atomic mass is 9.76. The van der Waals surface area contributed by atoms with E-state index in [-0.39, 0.29) is 73.0 Å². The number of nitrogens with one attached hydrogen (secondary N) is 1. The maximum absolute atomic E-state index is 15.0. The van der Waals surface area contributed by atoms with Crippen molar-refractivity contribution in [2.45, 2.75) is 142 Å². The van der Waals surface area contributed by atoms with Crippen LogP contribution in [-0.4, -0.2) is 74.5 Å². The lowest BCUT2D eigenvalue weighted by Gasteiger charge is -2.40. The zero-order valence-corrected chi connectivity index (χ0v) is 33.2. The average molecular weight is 757 g/mol. The van der Waals surface area contributed by atoms with Crippen LogP contribution in [0.25, 0.3) is 0 Å². The summed E-state index contributed by atoms with van der Waals surface area (Å²) in [6.07, 6.45) is 14.0. The highest BCUT2D eigenvalue weighted by molar-refractivity contribution is 6.38. The lowest BCUT2D eigenvalue weighted by Crippen LogP contribution is -2.60. The van der Waals surface area contributed by atoms with Gasteiger partial charge in [-0.2, -0.15) is 0 Å². The molecule has 298 valence electrons. The first-order valence-electron chi connectivity index (χ1n) is 20.5. The molecule has 0 radical (unpaired) electrons. The second-order valence-corrected chi connectivity index (χ2v) is 17.1. The van der Waals surface area contributed by atoms with Gasteiger partial charge in [0.2, 0.25) is 23.4 Å². The van der Waals surface area contributed by atoms with Crippen molar-refractivity contribution in [1.82, 2.24) is 20.2 Å². The van der Waals surface area contributed by atoms with Crippen molar-refractivity contribution in [1.29, 1.82) is 0 Å². The van der Waals surface area contributed by atoms with Gasteiger partial charge in [0.05, 0.1) is 18.8 Å². The van der Waals surface area contributed by atoms with Crippen LogP contribution in [0.1, 0.15) is 134 Å². The molecule has 2 aromatic rings. The van der Waals surface area contributed by atoms with Crippen molar-refractivity contribution in [2.75, 3.05) is 6.61 Å². The predicted molar refractivity (Wildman–Crippen MR) is 208 cm³/mol. The number of ether oxygens (including phenoxy) is 1. The number of nitrogens with zero attached hydrogens (tertiary/aromatic N) is 3. The molecule has 0 unspecified atom stereocenters. The van der Waals surface area contributed by atoms with E-state index < -0.39 is 40.9 Å². The molecule has 2 aliphatic carbocycles. The third-order valence-electron chi connectivity index (χ3n) is 12.0. The molecule has 2 saturated carbocycles. The van der Waals surface area contributed by atoms with Gasteiger partial charge in [-0.25, -0.2) is 4.98 Å². The fourth-order valence-corrected chi connectivity index (χ4v) is 9.06. The average Bonchev–Trinajstić information content (AvgIpc) is 3.59. The van der Waals surface area contributed by atoms with Crippen LogP contribution in [-0.2, 0) is 35.3 Å². The zero-order chi connectivity index (χ0) is 39.5. The molecule has 1 N–H and O–H groups in total. The van der Waals surface area contributed by atoms with Crippen LogP contribution in [0.4, 0.5) is 0 Å². The van der Waals surface area contributed by atoms with Gasteiger partial charge in [-0.3, -0.25) is 33.8 Å². The van der Waals surface area contributed by atoms with Crippen LogP contribution in [0.3, 0.4) is 0 Å². The monoisotopic (exact) mass is 756 g/mol. The van der Waals surface area contributed by atoms with Gasteiger partial charge in [0, 0.05) is 43.1 Å². The Balaban J connectivity index is 1.34. The molecular formula is C44H60N4O7. The summed E-state index contributed by atoms with van der Waals surface area (Å²) in [5.74, 6) is -3.69. The number of rotatable bonds is 18. The van der Waals surface area contributed by atoms with Gasteiger partial charge in [-0.15, -0.1) is 0 Å². The molecule has 5 rings (SSSR count). The van der Waals surface area contributed by atoms with Gasteiger partial charge in [-0.05, 0) is 61.3 Å². The summed E-state index contributed by atoms with van der Waals surface area (Å²) in [5.41, 5.74) is 0.384. The van der Waals surface area contributed by atoms with Crippen LogP contribution in [0.2, 0.25) is 0 Å². The van der Waals surface area contributed by atoms with Crippen molar-refractivity contribution in [3.05, 3.63) is 60.2 Å². The molecule has 2 heterocycles. The third-order valence-corrected chi connectivity index (χ3v) is 12.0. The lowest BCUT2D eigenvalue weighted by molar-refractivity contribution is -0.147. The molecule has 11 heteroatoms. The number of ketones is 4. The molecule has 1 saturated heterocycles. The number of carbonyl (C=O) groups excluding carboxylic acids is 6. The van der Waals surface area contributed by atoms with E-state index in [4.69, 9.17) is 4.74 Å². The maximum Gasteiger partial charge on any atom is 0.246 e. The van der Waals surface area contributed by atoms with E-state index in [1.807, 2.05) is 58.0 Å². The zero-order valence-electron chi connectivity index (χ0n) is 33.2. The van der Waals surface area contributed by atoms with E-state index in [1.54, 1.807) is 4.90 Å². The quantitative estimate of drug-likeness (QED) is 0.130. The normalized spacial score (nSPS) is 21.9. The highest BCUT2D eigenvalue weighted by Crippen LogP contribution is 2.42. The van der Waals surface area contributed by atoms with Crippen LogP contribution < -0.4 is 5.32 Å². The number of hydrogen-bond acceptors (Lipinski definition) is 9. The number of amides is 2. The van der Waals surface area contributed by atoms with Gasteiger partial charge < -0.3 is 15.0 Å². The SMILES string of the molecule is CCC[C@H](CC(=O)[C@@H]1C[C@@H]2CCCC[C@@H]2N1C(=O)[C@@H](NC(=O)[C@@H](CC(=O)c1cnccn1)C1CCCCC1)C(C)(C)C)C(=O)C(=O)COCc1ccccc1. The Morgan fingerprint density at radius 3 is 2.29 bits per heavy atom. The van der Waals surface area contributed by atoms with Crippen molar-refractivity contribution in [3.8, 4) is 0 Å². The summed E-state index contributed by atoms with van der Waals surface area (Å²) in [7, 11) is 0. The Morgan fingerprint density at radius 1 is 0.909 bits per heavy atom. The number of aromatic nitrogens is 2. The molecule has 6 atom stereocenters. The van der Waals surface area contributed by atoms with Crippen LogP contribution >= 0.6 is 0 Å². The minimum atomic E-state index is -0.954. The summed E-state index contributed by atoms with van der Waals surface area (Å²) in [6.45, 7) is 7.47. The summed E-state index contributed by atoms with van der Waals surface area (Å²) in [6, 6.07) is 7.53. The van der Waals surface area contributed by atoms with Crippen LogP contribution in [0, 0.1) is 29.1 Å². The van der Waals surface area contributed by atoms with E-state index in [0.717, 1.165) is 63.4 Å². The highest BCUT2D eigenvalue weighted by atomic mass is 16.5. The topological polar surface area (TPSA) is 153 Å². The van der Waals surface area contributed by atoms with E-state index >= 15 is 0 Å². The Kier molecular flexibility index (Phi) is 15.0. The largest absolute Gasteiger partial charge is 0.368 e. The summed E-state index contributed by atoms with van der Waals surface area (Å²) >= 11 is 0. The number of likely N-dealkylation sites (tertiary alicyclic amines) is 1. The molecule has 2 amide bonds. The molecule has 3 fully saturated rings. The summed E-state index contributed by atoms with van der Waals surface area (Å²) < 4.78 is 5.57. The van der Waals surface area contributed by atoms with E-state index in [1.165, 1.54) is 18.6 Å². The first-order chi connectivity index (χ1) is 26.4. The van der Waals surface area contributed by atoms with E-state index in [2.05, 4.69) is 15.3 Å². The molecule has 1 aliphatic heterocycles. The Labute approximate surface area is 326 Å². The first kappa shape index (κ1) is 42.0. The van der Waals surface area contributed by atoms with Gasteiger partial charge in [0.25, 0.3) is 0 Å². The van der Waals surface area contributed by atoms with Gasteiger partial charge in [0.1, 0.15) is 18.3 Å². The van der Waals surface area contributed by atoms with Gasteiger partial charge in [-0.1, -0.05) is 96.6 Å². The highest BCUT2D eigenvalue weighted by Gasteiger charge is 2.51. The van der Waals surface area contributed by atoms with E-state index in [0.29, 0.717) is 19.3 Å².